The molecule has 0 unspecified atom stereocenters. The molecule has 0 aromatic carbocycles. The normalized spacial score (nSPS) is 28.5. The van der Waals surface area contributed by atoms with Gasteiger partial charge in [0.1, 0.15) is 0 Å². The molecule has 14 heavy (non-hydrogen) atoms. The summed E-state index contributed by atoms with van der Waals surface area (Å²) in [6.07, 6.45) is 0.134. The Morgan fingerprint density at radius 1 is 1.50 bits per heavy atom. The van der Waals surface area contributed by atoms with E-state index in [9.17, 15) is 0 Å². The van der Waals surface area contributed by atoms with Gasteiger partial charge in [-0.2, -0.15) is 0 Å². The van der Waals surface area contributed by atoms with Gasteiger partial charge in [-0.05, 0) is 17.5 Å². The van der Waals surface area contributed by atoms with Crippen LogP contribution in [0.4, 0.5) is 0 Å². The van der Waals surface area contributed by atoms with Crippen LogP contribution in [0, 0.1) is 0 Å². The monoisotopic (exact) mass is 215 g/mol. The molecule has 0 N–H and O–H groups in total. The van der Waals surface area contributed by atoms with E-state index in [1.165, 1.54) is 0 Å². The zero-order valence-electron chi connectivity index (χ0n) is 8.16. The van der Waals surface area contributed by atoms with E-state index in [2.05, 4.69) is 40.1 Å². The second-order valence-corrected chi connectivity index (χ2v) is 3.89. The molecule has 1 aromatic rings. The van der Waals surface area contributed by atoms with Crippen molar-refractivity contribution in [2.24, 2.45) is 0 Å². The van der Waals surface area contributed by atoms with Crippen LogP contribution in [0.1, 0.15) is 6.04 Å². The van der Waals surface area contributed by atoms with Crippen molar-refractivity contribution in [1.82, 2.24) is 25.1 Å². The molecular weight excluding hydrogens is 202 g/mol. The van der Waals surface area contributed by atoms with E-state index in [1.54, 1.807) is 11.8 Å². The molecule has 1 fully saturated rings. The second kappa shape index (κ2) is 3.84. The van der Waals surface area contributed by atoms with Crippen molar-refractivity contribution in [3.05, 3.63) is 0 Å². The number of aromatic nitrogens is 4. The first-order chi connectivity index (χ1) is 6.72. The highest BCUT2D eigenvalue weighted by Gasteiger charge is 2.34. The molecule has 1 aliphatic rings. The van der Waals surface area contributed by atoms with Crippen molar-refractivity contribution in [2.45, 2.75) is 17.3 Å². The van der Waals surface area contributed by atoms with Gasteiger partial charge in [-0.3, -0.25) is 0 Å². The van der Waals surface area contributed by atoms with E-state index in [4.69, 9.17) is 4.74 Å². The zero-order valence-corrected chi connectivity index (χ0v) is 9.05. The van der Waals surface area contributed by atoms with Crippen LogP contribution in [0.2, 0.25) is 0 Å². The Bertz CT molecular complexity index is 317. The van der Waals surface area contributed by atoms with E-state index in [0.717, 1.165) is 13.1 Å². The smallest absolute Gasteiger partial charge is 0.206 e. The fourth-order valence-electron chi connectivity index (χ4n) is 1.81. The van der Waals surface area contributed by atoms with Gasteiger partial charge in [0.25, 0.3) is 0 Å². The molecule has 0 spiro atoms. The Hall–Kier alpha value is -0.660. The van der Waals surface area contributed by atoms with E-state index >= 15 is 0 Å². The summed E-state index contributed by atoms with van der Waals surface area (Å²) in [5, 5.41) is 11.8. The first-order valence-electron chi connectivity index (χ1n) is 4.40. The molecule has 78 valence electrons. The highest BCUT2D eigenvalue weighted by molar-refractivity contribution is 7.80. The van der Waals surface area contributed by atoms with E-state index < -0.39 is 0 Å². The van der Waals surface area contributed by atoms with Gasteiger partial charge in [-0.25, -0.2) is 4.68 Å². The van der Waals surface area contributed by atoms with Gasteiger partial charge >= 0.3 is 0 Å². The molecule has 2 heterocycles. The van der Waals surface area contributed by atoms with E-state index in [0.29, 0.717) is 5.16 Å². The van der Waals surface area contributed by atoms with Crippen molar-refractivity contribution >= 4 is 12.6 Å². The zero-order chi connectivity index (χ0) is 10.1. The summed E-state index contributed by atoms with van der Waals surface area (Å²) in [5.41, 5.74) is 0. The predicted octanol–water partition coefficient (Wildman–Crippen LogP) is -0.537. The average Bonchev–Trinajstić information content (AvgIpc) is 2.71. The van der Waals surface area contributed by atoms with Crippen LogP contribution in [0.15, 0.2) is 5.16 Å². The number of hydrogen-bond acceptors (Lipinski definition) is 6. The average molecular weight is 215 g/mol. The molecule has 2 rings (SSSR count). The van der Waals surface area contributed by atoms with Crippen molar-refractivity contribution in [1.29, 1.82) is 0 Å². The number of nitrogens with zero attached hydrogens (tertiary/aromatic N) is 5. The summed E-state index contributed by atoms with van der Waals surface area (Å²) in [4.78, 5) is 2.19. The minimum absolute atomic E-state index is 0.134. The van der Waals surface area contributed by atoms with Crippen LogP contribution in [-0.2, 0) is 4.74 Å². The fourth-order valence-corrected chi connectivity index (χ4v) is 2.04. The molecule has 2 atom stereocenters. The Morgan fingerprint density at radius 2 is 2.29 bits per heavy atom. The second-order valence-electron chi connectivity index (χ2n) is 3.49. The van der Waals surface area contributed by atoms with Crippen molar-refractivity contribution in [3.8, 4) is 0 Å². The number of methoxy groups -OCH3 is 1. The molecule has 1 saturated heterocycles. The number of rotatable bonds is 2. The van der Waals surface area contributed by atoms with Crippen LogP contribution in [0.5, 0.6) is 0 Å². The van der Waals surface area contributed by atoms with Crippen LogP contribution in [0.3, 0.4) is 0 Å². The third-order valence-electron chi connectivity index (χ3n) is 2.51. The van der Waals surface area contributed by atoms with Gasteiger partial charge in [-0.1, -0.05) is 0 Å². The molecule has 7 heteroatoms. The van der Waals surface area contributed by atoms with Crippen molar-refractivity contribution in [3.63, 3.8) is 0 Å². The predicted molar refractivity (Wildman–Crippen MR) is 52.4 cm³/mol. The third kappa shape index (κ3) is 1.62. The Kier molecular flexibility index (Phi) is 2.71. The Balaban J connectivity index is 2.21. The third-order valence-corrected chi connectivity index (χ3v) is 2.81. The minimum Gasteiger partial charge on any atom is -0.378 e. The molecule has 0 bridgehead atoms. The maximum atomic E-state index is 5.38. The topological polar surface area (TPSA) is 56.1 Å². The summed E-state index contributed by atoms with van der Waals surface area (Å²) >= 11 is 4.19. The van der Waals surface area contributed by atoms with Gasteiger partial charge in [0, 0.05) is 20.2 Å². The van der Waals surface area contributed by atoms with Gasteiger partial charge in [-0.15, -0.1) is 17.7 Å². The van der Waals surface area contributed by atoms with Crippen LogP contribution >= 0.6 is 12.6 Å². The molecule has 1 aromatic heterocycles. The van der Waals surface area contributed by atoms with Crippen LogP contribution in [-0.4, -0.2) is 58.5 Å². The maximum absolute atomic E-state index is 5.38. The van der Waals surface area contributed by atoms with Crippen LogP contribution < -0.4 is 0 Å². The summed E-state index contributed by atoms with van der Waals surface area (Å²) in [5.74, 6) is 0. The summed E-state index contributed by atoms with van der Waals surface area (Å²) in [7, 11) is 3.76. The fraction of sp³-hybridized carbons (Fsp3) is 0.857. The minimum atomic E-state index is 0.134. The molecule has 0 saturated carbocycles. The Labute approximate surface area is 87.6 Å². The number of tetrazole rings is 1. The lowest BCUT2D eigenvalue weighted by molar-refractivity contribution is 0.0759. The summed E-state index contributed by atoms with van der Waals surface area (Å²) in [6.45, 7) is 1.78. The molecule has 6 nitrogen and oxygen atoms in total. The lowest BCUT2D eigenvalue weighted by Crippen LogP contribution is -2.25. The van der Waals surface area contributed by atoms with Crippen LogP contribution in [0.25, 0.3) is 0 Å². The lowest BCUT2D eigenvalue weighted by atomic mass is 10.2. The van der Waals surface area contributed by atoms with E-state index in [-0.39, 0.29) is 12.1 Å². The number of likely N-dealkylation sites (N-methyl/N-ethyl adjacent to an activating group) is 1. The van der Waals surface area contributed by atoms with Gasteiger partial charge in [0.15, 0.2) is 0 Å². The largest absolute Gasteiger partial charge is 0.378 e. The van der Waals surface area contributed by atoms with Gasteiger partial charge in [0.2, 0.25) is 5.16 Å². The first kappa shape index (κ1) is 9.88. The Morgan fingerprint density at radius 3 is 2.86 bits per heavy atom. The lowest BCUT2D eigenvalue weighted by Gasteiger charge is -2.16. The highest BCUT2D eigenvalue weighted by atomic mass is 32.1. The number of ether oxygens (including phenoxy) is 1. The summed E-state index contributed by atoms with van der Waals surface area (Å²) < 4.78 is 7.09. The quantitative estimate of drug-likeness (QED) is 0.672. The standard InChI is InChI=1S/C7H13N5OS/c1-11-3-5(6(4-11)13-2)12-7(14)8-9-10-12/h5-6H,3-4H2,1-2H3,(H,8,10,14)/t5-,6-/m0/s1. The van der Waals surface area contributed by atoms with Crippen molar-refractivity contribution < 1.29 is 4.74 Å². The molecule has 0 aliphatic carbocycles. The molecule has 1 aliphatic heterocycles. The first-order valence-corrected chi connectivity index (χ1v) is 4.85. The maximum Gasteiger partial charge on any atom is 0.206 e. The molecular formula is C7H13N5OS. The van der Waals surface area contributed by atoms with Gasteiger partial charge < -0.3 is 9.64 Å². The number of hydrogen-bond donors (Lipinski definition) is 1. The van der Waals surface area contributed by atoms with E-state index in [1.807, 2.05) is 0 Å². The number of likely N-dealkylation sites (tertiary alicyclic amines) is 1. The van der Waals surface area contributed by atoms with Crippen molar-refractivity contribution in [2.75, 3.05) is 27.2 Å². The molecule has 0 amide bonds. The SMILES string of the molecule is CO[C@H]1CN(C)C[C@@H]1n1nnnc1S. The number of thiol groups is 1. The van der Waals surface area contributed by atoms with Gasteiger partial charge in [0.05, 0.1) is 12.1 Å². The molecule has 0 radical (unpaired) electrons. The summed E-state index contributed by atoms with van der Waals surface area (Å²) in [6, 6.07) is 0.160. The highest BCUT2D eigenvalue weighted by Crippen LogP contribution is 2.23.